The first-order chi connectivity index (χ1) is 54.2. The van der Waals surface area contributed by atoms with Crippen LogP contribution in [0.2, 0.25) is 0 Å². The third-order valence-corrected chi connectivity index (χ3v) is 35.6. The van der Waals surface area contributed by atoms with Crippen molar-refractivity contribution in [2.24, 2.45) is 139 Å². The summed E-state index contributed by atoms with van der Waals surface area (Å²) >= 11 is 0. The molecule has 30 unspecified atom stereocenters. The molecule has 0 aliphatic heterocycles. The molecule has 0 saturated heterocycles. The van der Waals surface area contributed by atoms with E-state index in [-0.39, 0.29) is 59.9 Å². The zero-order chi connectivity index (χ0) is 85.2. The van der Waals surface area contributed by atoms with Gasteiger partial charge in [0.05, 0.1) is 61.0 Å². The summed E-state index contributed by atoms with van der Waals surface area (Å²) in [5.74, 6) is 9.02. The fourth-order valence-corrected chi connectivity index (χ4v) is 29.8. The quantitative estimate of drug-likeness (QED) is 0.0162. The molecule has 0 radical (unpaired) electrons. The third kappa shape index (κ3) is 22.5. The molecule has 0 bridgehead atoms. The lowest BCUT2D eigenvalue weighted by atomic mass is 9.43. The second-order valence-electron chi connectivity index (χ2n) is 41.7. The van der Waals surface area contributed by atoms with E-state index in [9.17, 15) is 28.1 Å². The van der Waals surface area contributed by atoms with Crippen molar-refractivity contribution in [3.63, 3.8) is 0 Å². The highest BCUT2D eigenvalue weighted by atomic mass is 31.2. The number of phosphoric acid groups is 3. The van der Waals surface area contributed by atoms with E-state index in [1.807, 2.05) is 14.2 Å². The van der Waals surface area contributed by atoms with E-state index in [1.165, 1.54) is 116 Å². The molecule has 6 N–H and O–H groups in total. The van der Waals surface area contributed by atoms with Crippen molar-refractivity contribution in [2.45, 2.75) is 371 Å². The smallest absolute Gasteiger partial charge is 0.438 e. The summed E-state index contributed by atoms with van der Waals surface area (Å²) in [6.07, 6.45) is 34.7. The van der Waals surface area contributed by atoms with E-state index in [1.54, 1.807) is 0 Å². The summed E-state index contributed by atoms with van der Waals surface area (Å²) in [7, 11) is -10.1. The monoisotopic (exact) mass is 1700 g/mol. The first kappa shape index (κ1) is 96.7. The highest BCUT2D eigenvalue weighted by molar-refractivity contribution is 7.46. The van der Waals surface area contributed by atoms with Gasteiger partial charge in [-0.3, -0.25) is 14.4 Å². The van der Waals surface area contributed by atoms with Crippen LogP contribution in [0, 0.1) is 139 Å². The van der Waals surface area contributed by atoms with Crippen molar-refractivity contribution in [3.05, 3.63) is 0 Å². The van der Waals surface area contributed by atoms with Crippen molar-refractivity contribution >= 4 is 41.4 Å². The Morgan fingerprint density at radius 1 is 0.328 bits per heavy atom. The second-order valence-corrected chi connectivity index (χ2v) is 45.4. The molecule has 30 atom stereocenters. The van der Waals surface area contributed by atoms with Crippen LogP contribution in [0.25, 0.3) is 0 Å². The van der Waals surface area contributed by atoms with Gasteiger partial charge in [-0.15, -0.1) is 0 Å². The van der Waals surface area contributed by atoms with Crippen molar-refractivity contribution < 1.29 is 114 Å². The Hall–Kier alpha value is -1.50. The number of esters is 3. The Morgan fingerprint density at radius 2 is 0.586 bits per heavy atom. The number of carbonyl (C=O) groups is 3. The fourth-order valence-electron chi connectivity index (χ4n) is 29.2. The van der Waals surface area contributed by atoms with Gasteiger partial charge in [0.25, 0.3) is 0 Å². The minimum absolute atomic E-state index is 0.214. The van der Waals surface area contributed by atoms with Gasteiger partial charge in [0.2, 0.25) is 20.4 Å². The topological polar surface area (TPSA) is 335 Å². The molecule has 0 heterocycles. The standard InChI is InChI=1S/C31H55O8P.2C29H51O8P/c1-19(2)38-23-12-14-30(6)22(16-23)17-27(39-20(3)4)29-25-10-9-24(31(25,7)15-13-26(29)30)21(5)8-11-28(32)36-18-37-40(33,34)35;1-18(2)37-21-11-13-28(4)20(15-21)16-25(34-6)27-23-9-8-22(29(23,5)14-12-24(27)28)19(3)7-10-26(30)35-17-36-38(31,32)33;1-18(2)37-25-16-20-15-21(34-6)11-13-28(20,4)24-12-14-29(5)22(8-9-23(29)27(24)25)19(3)7-10-26(30)35-17-36-38(31,32)33/h19-27,29H,8-18H2,1-7H3,(H2,33,34,35);2*18-25,27H,7-17H2,1-6H3,(H2,31,32,33). The zero-order valence-corrected chi connectivity index (χ0v) is 77.1. The Labute approximate surface area is 696 Å². The molecule has 24 nitrogen and oxygen atoms in total. The molecule has 0 aromatic rings. The lowest BCUT2D eigenvalue weighted by Gasteiger charge is -2.63. The maximum Gasteiger partial charge on any atom is 0.472 e. The van der Waals surface area contributed by atoms with E-state index < -0.39 is 61.8 Å². The van der Waals surface area contributed by atoms with Gasteiger partial charge < -0.3 is 72.0 Å². The number of carbonyl (C=O) groups excluding carboxylic acids is 3. The minimum atomic E-state index is -4.65. The van der Waals surface area contributed by atoms with Crippen LogP contribution < -0.4 is 0 Å². The summed E-state index contributed by atoms with van der Waals surface area (Å²) in [5.41, 5.74) is 1.78. The minimum Gasteiger partial charge on any atom is -0.438 e. The molecule has 12 aliphatic carbocycles. The molecule has 12 rings (SSSR count). The molecule has 0 aromatic carbocycles. The van der Waals surface area contributed by atoms with Gasteiger partial charge in [-0.25, -0.2) is 27.3 Å². The van der Waals surface area contributed by atoms with Gasteiger partial charge in [0.1, 0.15) is 0 Å². The van der Waals surface area contributed by atoms with Crippen molar-refractivity contribution in [3.8, 4) is 0 Å². The maximum atomic E-state index is 12.2. The summed E-state index contributed by atoms with van der Waals surface area (Å²) in [5, 5.41) is 0. The Morgan fingerprint density at radius 3 is 0.862 bits per heavy atom. The van der Waals surface area contributed by atoms with Gasteiger partial charge in [-0.2, -0.15) is 0 Å². The van der Waals surface area contributed by atoms with Crippen LogP contribution in [0.5, 0.6) is 0 Å². The summed E-state index contributed by atoms with van der Waals surface area (Å²) in [4.78, 5) is 89.2. The van der Waals surface area contributed by atoms with Gasteiger partial charge >= 0.3 is 41.4 Å². The zero-order valence-electron chi connectivity index (χ0n) is 74.4. The fraction of sp³-hybridized carbons (Fsp3) is 0.966. The molecule has 0 spiro atoms. The molecular weight excluding hydrogens is 1550 g/mol. The number of ether oxygens (including phenoxy) is 9. The second kappa shape index (κ2) is 39.6. The molecule has 672 valence electrons. The molecule has 12 aliphatic rings. The first-order valence-corrected chi connectivity index (χ1v) is 50.0. The Balaban J connectivity index is 0.000000184. The molecule has 27 heteroatoms. The largest absolute Gasteiger partial charge is 0.472 e. The van der Waals surface area contributed by atoms with Crippen molar-refractivity contribution in [2.75, 3.05) is 34.6 Å². The van der Waals surface area contributed by atoms with Crippen LogP contribution in [0.3, 0.4) is 0 Å². The van der Waals surface area contributed by atoms with Crippen molar-refractivity contribution in [1.82, 2.24) is 0 Å². The number of hydrogen-bond acceptors (Lipinski definition) is 18. The SMILES string of the molecule is CC(C)OC1CCC2(C)C(C1)CC(OC(C)C)C1C2CCC2(C)C(C(C)CCC(=O)OCOP(=O)(O)O)CCC12.COC1CC2CC(OC(C)C)CCC2(C)C2CCC3(C)C(C(C)CCC(=O)OCOP(=O)(O)O)CCC3C12.COC1CCC2(C)C(C1)CC(OC(C)C)C1C2CCC2(C)C(C(C)CCC(=O)OCOP(=O)(O)O)CCC12. The number of phosphoric ester groups is 3. The predicted molar refractivity (Wildman–Crippen MR) is 441 cm³/mol. The highest BCUT2D eigenvalue weighted by Gasteiger charge is 2.68. The van der Waals surface area contributed by atoms with Crippen LogP contribution in [-0.4, -0.2) is 143 Å². The predicted octanol–water partition coefficient (Wildman–Crippen LogP) is 19.0. The first-order valence-electron chi connectivity index (χ1n) is 45.4. The van der Waals surface area contributed by atoms with Crippen LogP contribution in [0.1, 0.15) is 310 Å². The average Bonchev–Trinajstić information content (AvgIpc) is 1.41. The molecule has 0 amide bonds. The Kier molecular flexibility index (Phi) is 33.0. The lowest BCUT2D eigenvalue weighted by molar-refractivity contribution is -0.201. The lowest BCUT2D eigenvalue weighted by Crippen LogP contribution is -2.59. The molecular formula is C89H157O24P3. The summed E-state index contributed by atoms with van der Waals surface area (Å²) in [6.45, 7) is 37.2. The van der Waals surface area contributed by atoms with Crippen LogP contribution in [0.4, 0.5) is 0 Å². The van der Waals surface area contributed by atoms with Crippen LogP contribution in [-0.2, 0) is 84.3 Å². The molecule has 116 heavy (non-hydrogen) atoms. The van der Waals surface area contributed by atoms with Gasteiger partial charge in [-0.1, -0.05) is 62.3 Å². The van der Waals surface area contributed by atoms with Gasteiger partial charge in [-0.05, 0) is 368 Å². The summed E-state index contributed by atoms with van der Waals surface area (Å²) in [6, 6.07) is 0. The molecule has 12 saturated carbocycles. The number of methoxy groups -OCH3 is 2. The summed E-state index contributed by atoms with van der Waals surface area (Å²) < 4.78 is 98.0. The highest BCUT2D eigenvalue weighted by Crippen LogP contribution is 2.73. The van der Waals surface area contributed by atoms with Gasteiger partial charge in [0.15, 0.2) is 0 Å². The van der Waals surface area contributed by atoms with Crippen LogP contribution >= 0.6 is 23.5 Å². The average molecular weight is 1700 g/mol. The normalized spacial score (nSPS) is 41.3. The van der Waals surface area contributed by atoms with E-state index in [0.717, 1.165) is 38.5 Å². The van der Waals surface area contributed by atoms with Crippen molar-refractivity contribution in [1.29, 1.82) is 0 Å². The Bertz CT molecular complexity index is 3340. The van der Waals surface area contributed by atoms with Crippen LogP contribution in [0.15, 0.2) is 0 Å². The van der Waals surface area contributed by atoms with E-state index in [2.05, 4.69) is 131 Å². The molecule has 0 aromatic heterocycles. The maximum absolute atomic E-state index is 12.2. The van der Waals surface area contributed by atoms with E-state index in [0.29, 0.717) is 179 Å². The van der Waals surface area contributed by atoms with E-state index in [4.69, 9.17) is 72.0 Å². The van der Waals surface area contributed by atoms with Gasteiger partial charge in [0, 0.05) is 33.5 Å². The number of rotatable bonds is 31. The number of hydrogen-bond donors (Lipinski definition) is 6. The number of fused-ring (bicyclic) bond motifs is 15. The van der Waals surface area contributed by atoms with E-state index >= 15 is 0 Å². The third-order valence-electron chi connectivity index (χ3n) is 34.3. The molecule has 12 fully saturated rings.